The predicted octanol–water partition coefficient (Wildman–Crippen LogP) is 11.3. The highest BCUT2D eigenvalue weighted by Crippen LogP contribution is 2.50. The van der Waals surface area contributed by atoms with Gasteiger partial charge in [0.1, 0.15) is 6.67 Å². The molecule has 0 unspecified atom stereocenters. The zero-order valence-electron chi connectivity index (χ0n) is 26.5. The third-order valence-corrected chi connectivity index (χ3v) is 11.0. The van der Waals surface area contributed by atoms with Gasteiger partial charge >= 0.3 is 0 Å². The van der Waals surface area contributed by atoms with E-state index in [1.807, 2.05) is 35.6 Å². The van der Waals surface area contributed by atoms with Gasteiger partial charge in [-0.05, 0) is 36.4 Å². The molecular formula is C44H30N4S. The maximum Gasteiger partial charge on any atom is 0.115 e. The molecule has 49 heavy (non-hydrogen) atoms. The lowest BCUT2D eigenvalue weighted by Gasteiger charge is -2.13. The van der Waals surface area contributed by atoms with Gasteiger partial charge in [-0.2, -0.15) is 0 Å². The topological polar surface area (TPSA) is 48.2 Å². The normalized spacial score (nSPS) is 12.4. The van der Waals surface area contributed by atoms with Crippen molar-refractivity contribution in [3.63, 3.8) is 0 Å². The summed E-state index contributed by atoms with van der Waals surface area (Å²) in [5.74, 6) is 0. The van der Waals surface area contributed by atoms with E-state index in [4.69, 9.17) is 10.7 Å². The first-order chi connectivity index (χ1) is 24.3. The van der Waals surface area contributed by atoms with Gasteiger partial charge in [0.25, 0.3) is 0 Å². The number of hydrogen-bond donors (Lipinski definition) is 1. The lowest BCUT2D eigenvalue weighted by Crippen LogP contribution is -2.09. The molecule has 0 atom stereocenters. The summed E-state index contributed by atoms with van der Waals surface area (Å²) in [6.07, 6.45) is 0. The van der Waals surface area contributed by atoms with Crippen molar-refractivity contribution in [2.75, 3.05) is 5.73 Å². The third kappa shape index (κ3) is 4.13. The van der Waals surface area contributed by atoms with Gasteiger partial charge in [0.05, 0.1) is 32.5 Å². The van der Waals surface area contributed by atoms with Crippen LogP contribution in [0.4, 0.5) is 5.69 Å². The van der Waals surface area contributed by atoms with Crippen molar-refractivity contribution >= 4 is 86.5 Å². The summed E-state index contributed by atoms with van der Waals surface area (Å²) in [6.45, 7) is 0.439. The fourth-order valence-corrected chi connectivity index (χ4v) is 9.01. The fourth-order valence-electron chi connectivity index (χ4n) is 7.74. The van der Waals surface area contributed by atoms with Gasteiger partial charge in [0.15, 0.2) is 0 Å². The summed E-state index contributed by atoms with van der Waals surface area (Å²) in [4.78, 5) is 5.42. The van der Waals surface area contributed by atoms with E-state index in [0.717, 1.165) is 33.7 Å². The average Bonchev–Trinajstić information content (AvgIpc) is 3.81. The van der Waals surface area contributed by atoms with Gasteiger partial charge in [0.2, 0.25) is 0 Å². The molecule has 10 rings (SSSR count). The van der Waals surface area contributed by atoms with E-state index in [0.29, 0.717) is 6.67 Å². The van der Waals surface area contributed by atoms with E-state index in [-0.39, 0.29) is 0 Å². The maximum atomic E-state index is 6.58. The largest absolute Gasteiger partial charge is 0.398 e. The van der Waals surface area contributed by atoms with Gasteiger partial charge in [-0.3, -0.25) is 4.99 Å². The minimum absolute atomic E-state index is 0.439. The highest BCUT2D eigenvalue weighted by Gasteiger charge is 2.26. The molecule has 0 aliphatic heterocycles. The number of thiophene rings is 1. The fraction of sp³-hybridized carbons (Fsp3) is 0.0227. The summed E-state index contributed by atoms with van der Waals surface area (Å²) >= 11 is 1.88. The van der Waals surface area contributed by atoms with Crippen molar-refractivity contribution in [3.05, 3.63) is 169 Å². The molecule has 5 heteroatoms. The van der Waals surface area contributed by atoms with Crippen LogP contribution in [0.25, 0.3) is 69.5 Å². The van der Waals surface area contributed by atoms with Crippen molar-refractivity contribution in [1.82, 2.24) is 9.13 Å². The van der Waals surface area contributed by atoms with E-state index in [9.17, 15) is 0 Å². The molecule has 10 aromatic rings. The molecule has 4 nitrogen and oxygen atoms in total. The summed E-state index contributed by atoms with van der Waals surface area (Å²) in [5.41, 5.74) is 16.2. The number of hydrogen-bond acceptors (Lipinski definition) is 3. The first-order valence-corrected chi connectivity index (χ1v) is 17.4. The van der Waals surface area contributed by atoms with Crippen LogP contribution in [-0.4, -0.2) is 14.8 Å². The Morgan fingerprint density at radius 2 is 1.14 bits per heavy atom. The van der Waals surface area contributed by atoms with Crippen molar-refractivity contribution in [1.29, 1.82) is 0 Å². The molecule has 2 N–H and O–H groups in total. The maximum absolute atomic E-state index is 6.58. The second-order valence-electron chi connectivity index (χ2n) is 12.5. The molecule has 7 aromatic carbocycles. The number of aliphatic imine (C=N–C) groups is 1. The first kappa shape index (κ1) is 27.9. The number of benzene rings is 7. The number of nitrogen functional groups attached to an aromatic ring is 1. The van der Waals surface area contributed by atoms with E-state index in [1.54, 1.807) is 0 Å². The molecule has 0 fully saturated rings. The third-order valence-electron chi connectivity index (χ3n) is 9.79. The second-order valence-corrected chi connectivity index (χ2v) is 13.5. The molecule has 0 aliphatic carbocycles. The summed E-state index contributed by atoms with van der Waals surface area (Å²) < 4.78 is 7.45. The Bertz CT molecular complexity index is 2910. The lowest BCUT2D eigenvalue weighted by molar-refractivity contribution is 0.795. The van der Waals surface area contributed by atoms with Crippen molar-refractivity contribution < 1.29 is 0 Å². The number of nitrogens with two attached hydrogens (primary N) is 1. The number of fused-ring (bicyclic) bond motifs is 12. The van der Waals surface area contributed by atoms with Crippen LogP contribution in [0.1, 0.15) is 11.1 Å². The molecule has 0 bridgehead atoms. The molecule has 0 saturated carbocycles. The minimum atomic E-state index is 0.439. The van der Waals surface area contributed by atoms with Crippen LogP contribution < -0.4 is 5.73 Å². The number of aromatic nitrogens is 2. The van der Waals surface area contributed by atoms with Crippen molar-refractivity contribution in [2.45, 2.75) is 6.67 Å². The highest BCUT2D eigenvalue weighted by molar-refractivity contribution is 7.27. The van der Waals surface area contributed by atoms with Crippen LogP contribution in [0.3, 0.4) is 0 Å². The summed E-state index contributed by atoms with van der Waals surface area (Å²) in [7, 11) is 0. The van der Waals surface area contributed by atoms with E-state index in [1.165, 1.54) is 58.3 Å². The first-order valence-electron chi connectivity index (χ1n) is 16.6. The minimum Gasteiger partial charge on any atom is -0.398 e. The average molecular weight is 647 g/mol. The van der Waals surface area contributed by atoms with Gasteiger partial charge in [-0.1, -0.05) is 121 Å². The molecule has 0 radical (unpaired) electrons. The Morgan fingerprint density at radius 3 is 1.92 bits per heavy atom. The number of para-hydroxylation sites is 4. The van der Waals surface area contributed by atoms with Crippen molar-refractivity contribution in [3.8, 4) is 5.69 Å². The quantitative estimate of drug-likeness (QED) is 0.147. The van der Waals surface area contributed by atoms with Gasteiger partial charge in [-0.25, -0.2) is 0 Å². The smallest absolute Gasteiger partial charge is 0.115 e. The van der Waals surface area contributed by atoms with Crippen molar-refractivity contribution in [2.24, 2.45) is 4.99 Å². The van der Waals surface area contributed by atoms with Gasteiger partial charge < -0.3 is 14.9 Å². The summed E-state index contributed by atoms with van der Waals surface area (Å²) in [6, 6.07) is 55.7. The van der Waals surface area contributed by atoms with Crippen LogP contribution in [0, 0.1) is 0 Å². The highest BCUT2D eigenvalue weighted by atomic mass is 32.1. The zero-order valence-corrected chi connectivity index (χ0v) is 27.4. The molecule has 0 aliphatic rings. The van der Waals surface area contributed by atoms with Crippen LogP contribution in [0.15, 0.2) is 163 Å². The van der Waals surface area contributed by atoms with Crippen LogP contribution in [0.5, 0.6) is 0 Å². The standard InChI is InChI=1S/C44H30N4S/c45-34-23-11-7-19-30(34)41(28-15-3-1-4-16-28)46-27-47-35-24-12-8-20-31(35)39-38-32-21-9-13-25-36(32)48(29-17-5-2-6-18-29)42(38)40-33-22-10-14-26-37(33)49-44(40)43(39)47/h1-26H,27,45H2/b46-41-. The Kier molecular flexibility index (Phi) is 6.23. The van der Waals surface area contributed by atoms with E-state index >= 15 is 0 Å². The SMILES string of the molecule is Nc1ccccc1/C(=N\Cn1c2ccccc2c2c3c4ccccc4n(-c4ccccc4)c3c3c4ccccc4sc3c21)c1ccccc1. The molecule has 3 heterocycles. The Hall–Kier alpha value is -6.17. The van der Waals surface area contributed by atoms with Crippen LogP contribution in [-0.2, 0) is 6.67 Å². The van der Waals surface area contributed by atoms with Crippen LogP contribution in [0.2, 0.25) is 0 Å². The van der Waals surface area contributed by atoms with Crippen LogP contribution >= 0.6 is 11.3 Å². The molecular weight excluding hydrogens is 617 g/mol. The predicted molar refractivity (Wildman–Crippen MR) is 210 cm³/mol. The van der Waals surface area contributed by atoms with E-state index < -0.39 is 0 Å². The van der Waals surface area contributed by atoms with Gasteiger partial charge in [0, 0.05) is 59.5 Å². The molecule has 232 valence electrons. The second kappa shape index (κ2) is 10.9. The molecule has 3 aromatic heterocycles. The van der Waals surface area contributed by atoms with E-state index in [2.05, 4.69) is 143 Å². The lowest BCUT2D eigenvalue weighted by atomic mass is 10.0. The molecule has 0 saturated heterocycles. The number of nitrogens with zero attached hydrogens (tertiary/aromatic N) is 3. The monoisotopic (exact) mass is 646 g/mol. The van der Waals surface area contributed by atoms with Gasteiger partial charge in [-0.15, -0.1) is 11.3 Å². The summed E-state index contributed by atoms with van der Waals surface area (Å²) in [5, 5.41) is 7.58. The Balaban J connectivity index is 1.39. The molecule has 0 spiro atoms. The Morgan fingerprint density at radius 1 is 0.551 bits per heavy atom. The number of rotatable bonds is 5. The number of anilines is 1. The molecule has 0 amide bonds. The Labute approximate surface area is 286 Å². The zero-order chi connectivity index (χ0) is 32.5.